The highest BCUT2D eigenvalue weighted by Gasteiger charge is 2.24. The van der Waals surface area contributed by atoms with Crippen molar-refractivity contribution in [2.45, 2.75) is 18.9 Å². The molecule has 1 fully saturated rings. The highest BCUT2D eigenvalue weighted by molar-refractivity contribution is 5.95. The number of nitrogens with zero attached hydrogens (tertiary/aromatic N) is 2. The quantitative estimate of drug-likeness (QED) is 0.824. The number of esters is 1. The van der Waals surface area contributed by atoms with Crippen molar-refractivity contribution in [2.75, 3.05) is 37.9 Å². The first kappa shape index (κ1) is 13.6. The van der Waals surface area contributed by atoms with E-state index in [4.69, 9.17) is 15.2 Å². The van der Waals surface area contributed by atoms with Gasteiger partial charge < -0.3 is 20.1 Å². The monoisotopic (exact) mass is 265 g/mol. The molecule has 0 aromatic carbocycles. The van der Waals surface area contributed by atoms with Crippen molar-refractivity contribution in [2.24, 2.45) is 0 Å². The largest absolute Gasteiger partial charge is 0.465 e. The molecular formula is C13H19N3O3. The van der Waals surface area contributed by atoms with Gasteiger partial charge in [0, 0.05) is 20.2 Å². The number of hydrogen-bond acceptors (Lipinski definition) is 6. The van der Waals surface area contributed by atoms with E-state index in [9.17, 15) is 4.79 Å². The third kappa shape index (κ3) is 2.96. The highest BCUT2D eigenvalue weighted by Crippen LogP contribution is 2.24. The average Bonchev–Trinajstić information content (AvgIpc) is 2.46. The summed E-state index contributed by atoms with van der Waals surface area (Å²) in [4.78, 5) is 18.1. The summed E-state index contributed by atoms with van der Waals surface area (Å²) in [7, 11) is 3.08. The van der Waals surface area contributed by atoms with Crippen LogP contribution in [0.4, 0.5) is 11.5 Å². The van der Waals surface area contributed by atoms with Crippen LogP contribution in [0.1, 0.15) is 23.2 Å². The van der Waals surface area contributed by atoms with Crippen LogP contribution in [0.25, 0.3) is 0 Å². The molecule has 19 heavy (non-hydrogen) atoms. The first-order valence-corrected chi connectivity index (χ1v) is 6.27. The lowest BCUT2D eigenvalue weighted by molar-refractivity contribution is 0.0600. The maximum atomic E-state index is 11.8. The predicted octanol–water partition coefficient (Wildman–Crippen LogP) is 1.07. The Hall–Kier alpha value is -1.82. The second-order valence-electron chi connectivity index (χ2n) is 4.55. The van der Waals surface area contributed by atoms with Gasteiger partial charge in [0.2, 0.25) is 0 Å². The minimum Gasteiger partial charge on any atom is -0.465 e. The first-order valence-electron chi connectivity index (χ1n) is 6.27. The fourth-order valence-corrected chi connectivity index (χ4v) is 2.29. The van der Waals surface area contributed by atoms with Gasteiger partial charge in [-0.05, 0) is 18.9 Å². The lowest BCUT2D eigenvalue weighted by Gasteiger charge is -2.32. The Morgan fingerprint density at radius 2 is 2.11 bits per heavy atom. The van der Waals surface area contributed by atoms with Crippen molar-refractivity contribution in [3.05, 3.63) is 17.8 Å². The molecule has 1 aliphatic rings. The van der Waals surface area contributed by atoms with Gasteiger partial charge in [-0.1, -0.05) is 0 Å². The molecule has 1 saturated heterocycles. The van der Waals surface area contributed by atoms with E-state index >= 15 is 0 Å². The molecule has 6 nitrogen and oxygen atoms in total. The zero-order valence-corrected chi connectivity index (χ0v) is 11.3. The molecule has 0 radical (unpaired) electrons. The van der Waals surface area contributed by atoms with Gasteiger partial charge in [-0.15, -0.1) is 0 Å². The number of carbonyl (C=O) groups excluding carboxylic acids is 1. The Morgan fingerprint density at radius 3 is 2.68 bits per heavy atom. The van der Waals surface area contributed by atoms with Gasteiger partial charge in [0.15, 0.2) is 0 Å². The number of rotatable bonds is 3. The van der Waals surface area contributed by atoms with E-state index in [1.54, 1.807) is 19.4 Å². The number of methoxy groups -OCH3 is 2. The molecule has 104 valence electrons. The molecule has 6 heteroatoms. The number of anilines is 2. The van der Waals surface area contributed by atoms with Gasteiger partial charge in [0.05, 0.1) is 25.1 Å². The fourth-order valence-electron chi connectivity index (χ4n) is 2.29. The maximum absolute atomic E-state index is 11.8. The number of hydrogen-bond donors (Lipinski definition) is 1. The van der Waals surface area contributed by atoms with E-state index in [-0.39, 0.29) is 6.10 Å². The standard InChI is InChI=1S/C13H19N3O3/c1-18-10-3-5-16(6-4-10)12-11(13(17)19-2)7-9(14)8-15-12/h7-8,10H,3-6,14H2,1-2H3. The minimum absolute atomic E-state index is 0.284. The van der Waals surface area contributed by atoms with Crippen LogP contribution in [0.2, 0.25) is 0 Å². The number of nitrogens with two attached hydrogens (primary N) is 1. The van der Waals surface area contributed by atoms with Crippen LogP contribution in [-0.2, 0) is 9.47 Å². The van der Waals surface area contributed by atoms with E-state index in [0.717, 1.165) is 25.9 Å². The zero-order valence-electron chi connectivity index (χ0n) is 11.3. The van der Waals surface area contributed by atoms with Crippen molar-refractivity contribution in [1.29, 1.82) is 0 Å². The number of nitrogen functional groups attached to an aromatic ring is 1. The van der Waals surface area contributed by atoms with Crippen LogP contribution in [0.15, 0.2) is 12.3 Å². The van der Waals surface area contributed by atoms with E-state index in [1.165, 1.54) is 7.11 Å². The normalized spacial score (nSPS) is 16.4. The van der Waals surface area contributed by atoms with Crippen molar-refractivity contribution in [1.82, 2.24) is 4.98 Å². The summed E-state index contributed by atoms with van der Waals surface area (Å²) in [6, 6.07) is 1.61. The lowest BCUT2D eigenvalue weighted by atomic mass is 10.1. The molecule has 0 bridgehead atoms. The van der Waals surface area contributed by atoms with Gasteiger partial charge in [0.25, 0.3) is 0 Å². The van der Waals surface area contributed by atoms with E-state index in [1.807, 2.05) is 0 Å². The Balaban J connectivity index is 2.22. The van der Waals surface area contributed by atoms with E-state index in [2.05, 4.69) is 9.88 Å². The SMILES string of the molecule is COC(=O)c1cc(N)cnc1N1CCC(OC)CC1. The third-order valence-electron chi connectivity index (χ3n) is 3.37. The van der Waals surface area contributed by atoms with Gasteiger partial charge in [-0.25, -0.2) is 9.78 Å². The van der Waals surface area contributed by atoms with Crippen molar-refractivity contribution in [3.8, 4) is 0 Å². The van der Waals surface area contributed by atoms with Crippen LogP contribution < -0.4 is 10.6 Å². The molecule has 2 N–H and O–H groups in total. The molecule has 1 aromatic rings. The first-order chi connectivity index (χ1) is 9.15. The zero-order chi connectivity index (χ0) is 13.8. The molecule has 0 amide bonds. The Morgan fingerprint density at radius 1 is 1.42 bits per heavy atom. The summed E-state index contributed by atoms with van der Waals surface area (Å²) in [5, 5.41) is 0. The molecule has 1 aromatic heterocycles. The van der Waals surface area contributed by atoms with E-state index < -0.39 is 5.97 Å². The lowest BCUT2D eigenvalue weighted by Crippen LogP contribution is -2.38. The molecule has 2 rings (SSSR count). The predicted molar refractivity (Wildman–Crippen MR) is 72.2 cm³/mol. The molecule has 0 spiro atoms. The number of ether oxygens (including phenoxy) is 2. The summed E-state index contributed by atoms with van der Waals surface area (Å²) in [6.07, 6.45) is 3.68. The summed E-state index contributed by atoms with van der Waals surface area (Å²) < 4.78 is 10.1. The molecule has 0 atom stereocenters. The van der Waals surface area contributed by atoms with Crippen molar-refractivity contribution < 1.29 is 14.3 Å². The number of aromatic nitrogens is 1. The van der Waals surface area contributed by atoms with Crippen molar-refractivity contribution >= 4 is 17.5 Å². The van der Waals surface area contributed by atoms with Crippen LogP contribution >= 0.6 is 0 Å². The topological polar surface area (TPSA) is 77.7 Å². The molecule has 0 unspecified atom stereocenters. The summed E-state index contributed by atoms with van der Waals surface area (Å²) in [6.45, 7) is 1.61. The third-order valence-corrected chi connectivity index (χ3v) is 3.37. The molecule has 0 aliphatic carbocycles. The number of pyridine rings is 1. The Kier molecular flexibility index (Phi) is 4.21. The Bertz CT molecular complexity index is 456. The average molecular weight is 265 g/mol. The molecule has 2 heterocycles. The second-order valence-corrected chi connectivity index (χ2v) is 4.55. The summed E-state index contributed by atoms with van der Waals surface area (Å²) in [5.41, 5.74) is 6.55. The number of carbonyl (C=O) groups is 1. The molecular weight excluding hydrogens is 246 g/mol. The highest BCUT2D eigenvalue weighted by atomic mass is 16.5. The van der Waals surface area contributed by atoms with Crippen LogP contribution in [-0.4, -0.2) is 44.4 Å². The maximum Gasteiger partial charge on any atom is 0.341 e. The number of piperidine rings is 1. The van der Waals surface area contributed by atoms with Crippen molar-refractivity contribution in [3.63, 3.8) is 0 Å². The van der Waals surface area contributed by atoms with Gasteiger partial charge >= 0.3 is 5.97 Å². The second kappa shape index (κ2) is 5.88. The van der Waals surface area contributed by atoms with E-state index in [0.29, 0.717) is 17.1 Å². The smallest absolute Gasteiger partial charge is 0.341 e. The van der Waals surface area contributed by atoms with Crippen LogP contribution in [0.5, 0.6) is 0 Å². The fraction of sp³-hybridized carbons (Fsp3) is 0.538. The molecule has 0 saturated carbocycles. The Labute approximate surface area is 112 Å². The van der Waals surface area contributed by atoms with Gasteiger partial charge in [0.1, 0.15) is 11.4 Å². The molecule has 1 aliphatic heterocycles. The minimum atomic E-state index is -0.413. The van der Waals surface area contributed by atoms with Gasteiger partial charge in [-0.3, -0.25) is 0 Å². The van der Waals surface area contributed by atoms with Crippen LogP contribution in [0.3, 0.4) is 0 Å². The van der Waals surface area contributed by atoms with Gasteiger partial charge in [-0.2, -0.15) is 0 Å². The summed E-state index contributed by atoms with van der Waals surface area (Å²) >= 11 is 0. The summed E-state index contributed by atoms with van der Waals surface area (Å²) in [5.74, 6) is 0.222. The van der Waals surface area contributed by atoms with Crippen LogP contribution in [0, 0.1) is 0 Å².